The minimum Gasteiger partial charge on any atom is -0.439 e. The molecule has 2 aliphatic rings. The maximum absolute atomic E-state index is 12.8. The van der Waals surface area contributed by atoms with Crippen molar-refractivity contribution in [1.82, 2.24) is 24.6 Å². The van der Waals surface area contributed by atoms with Crippen molar-refractivity contribution in [3.05, 3.63) is 59.9 Å². The maximum Gasteiger partial charge on any atom is 0.331 e. The van der Waals surface area contributed by atoms with Gasteiger partial charge in [0.15, 0.2) is 5.82 Å². The van der Waals surface area contributed by atoms with E-state index >= 15 is 0 Å². The number of rotatable bonds is 5. The number of aromatic nitrogens is 4. The van der Waals surface area contributed by atoms with Crippen LogP contribution in [0.25, 0.3) is 10.9 Å². The molecule has 1 aliphatic carbocycles. The normalized spacial score (nSPS) is 15.0. The van der Waals surface area contributed by atoms with Gasteiger partial charge in [0, 0.05) is 29.5 Å². The van der Waals surface area contributed by atoms with Gasteiger partial charge in [-0.3, -0.25) is 14.7 Å². The van der Waals surface area contributed by atoms with Crippen LogP contribution in [-0.4, -0.2) is 36.5 Å². The Morgan fingerprint density at radius 3 is 2.80 bits per heavy atom. The third-order valence-corrected chi connectivity index (χ3v) is 6.33. The van der Waals surface area contributed by atoms with Crippen LogP contribution in [0.4, 0.5) is 10.6 Å². The summed E-state index contributed by atoms with van der Waals surface area (Å²) < 4.78 is 12.9. The SMILES string of the molecule is CC(C)C(=O)N1Cc2ncnc(Oc3ccc4c(ccn4C(=O)Nc4cc(C5CC5)on4)c3)c2C1. The first-order valence-electron chi connectivity index (χ1n) is 11.6. The Balaban J connectivity index is 1.20. The fraction of sp³-hybridized carbons (Fsp3) is 0.320. The highest BCUT2D eigenvalue weighted by Crippen LogP contribution is 2.40. The highest BCUT2D eigenvalue weighted by Gasteiger charge is 2.30. The van der Waals surface area contributed by atoms with Gasteiger partial charge in [-0.15, -0.1) is 0 Å². The molecule has 3 aromatic heterocycles. The molecule has 1 aliphatic heterocycles. The predicted octanol–water partition coefficient (Wildman–Crippen LogP) is 4.67. The first-order chi connectivity index (χ1) is 17.0. The van der Waals surface area contributed by atoms with Gasteiger partial charge < -0.3 is 14.2 Å². The summed E-state index contributed by atoms with van der Waals surface area (Å²) in [5.41, 5.74) is 2.34. The maximum atomic E-state index is 12.8. The van der Waals surface area contributed by atoms with Crippen LogP contribution in [0.5, 0.6) is 11.6 Å². The molecule has 0 radical (unpaired) electrons. The highest BCUT2D eigenvalue weighted by atomic mass is 16.5. The van der Waals surface area contributed by atoms with Gasteiger partial charge in [0.25, 0.3) is 0 Å². The van der Waals surface area contributed by atoms with Gasteiger partial charge in [-0.25, -0.2) is 14.8 Å². The van der Waals surface area contributed by atoms with Crippen LogP contribution in [0, 0.1) is 5.92 Å². The average molecular weight is 473 g/mol. The molecule has 0 atom stereocenters. The molecule has 1 aromatic carbocycles. The molecule has 1 N–H and O–H groups in total. The molecule has 1 saturated carbocycles. The molecule has 178 valence electrons. The highest BCUT2D eigenvalue weighted by molar-refractivity contribution is 5.98. The summed E-state index contributed by atoms with van der Waals surface area (Å²) in [4.78, 5) is 35.6. The summed E-state index contributed by atoms with van der Waals surface area (Å²) in [6, 6.07) is 8.75. The molecule has 35 heavy (non-hydrogen) atoms. The molecule has 0 spiro atoms. The monoisotopic (exact) mass is 472 g/mol. The van der Waals surface area contributed by atoms with E-state index in [-0.39, 0.29) is 17.9 Å². The summed E-state index contributed by atoms with van der Waals surface area (Å²) in [7, 11) is 0. The second-order valence-electron chi connectivity index (χ2n) is 9.28. The van der Waals surface area contributed by atoms with Crippen molar-refractivity contribution in [3.63, 3.8) is 0 Å². The van der Waals surface area contributed by atoms with Crippen LogP contribution >= 0.6 is 0 Å². The van der Waals surface area contributed by atoms with Gasteiger partial charge in [-0.2, -0.15) is 0 Å². The number of hydrogen-bond donors (Lipinski definition) is 1. The van der Waals surface area contributed by atoms with Gasteiger partial charge in [-0.05, 0) is 37.1 Å². The van der Waals surface area contributed by atoms with Gasteiger partial charge in [0.1, 0.15) is 17.8 Å². The summed E-state index contributed by atoms with van der Waals surface area (Å²) in [6.07, 6.45) is 5.35. The zero-order valence-electron chi connectivity index (χ0n) is 19.4. The number of hydrogen-bond acceptors (Lipinski definition) is 7. The van der Waals surface area contributed by atoms with Crippen LogP contribution in [0.1, 0.15) is 49.6 Å². The Labute approximate surface area is 200 Å². The van der Waals surface area contributed by atoms with E-state index in [0.29, 0.717) is 36.5 Å². The quantitative estimate of drug-likeness (QED) is 0.449. The standard InChI is InChI=1S/C25H24N6O4/c1-14(2)24(32)30-11-18-19(12-30)26-13-27-23(18)34-17-5-6-20-16(9-17)7-8-31(20)25(33)28-22-10-21(35-29-22)15-3-4-15/h5-10,13-15H,3-4,11-12H2,1-2H3,(H,28,29,33). The van der Waals surface area contributed by atoms with E-state index in [0.717, 1.165) is 40.8 Å². The van der Waals surface area contributed by atoms with Crippen LogP contribution in [-0.2, 0) is 17.9 Å². The fourth-order valence-electron chi connectivity index (χ4n) is 4.31. The van der Waals surface area contributed by atoms with Gasteiger partial charge >= 0.3 is 6.03 Å². The van der Waals surface area contributed by atoms with E-state index in [4.69, 9.17) is 9.26 Å². The van der Waals surface area contributed by atoms with E-state index in [1.807, 2.05) is 32.0 Å². The summed E-state index contributed by atoms with van der Waals surface area (Å²) in [5, 5.41) is 7.56. The molecule has 4 aromatic rings. The fourth-order valence-corrected chi connectivity index (χ4v) is 4.31. The largest absolute Gasteiger partial charge is 0.439 e. The lowest BCUT2D eigenvalue weighted by Crippen LogP contribution is -2.29. The van der Waals surface area contributed by atoms with E-state index < -0.39 is 0 Å². The molecule has 1 fully saturated rings. The smallest absolute Gasteiger partial charge is 0.331 e. The molecule has 6 rings (SSSR count). The number of fused-ring (bicyclic) bond motifs is 2. The molecule has 2 amide bonds. The molecule has 0 saturated heterocycles. The third kappa shape index (κ3) is 4.01. The van der Waals surface area contributed by atoms with E-state index in [2.05, 4.69) is 20.4 Å². The second kappa shape index (κ2) is 8.23. The summed E-state index contributed by atoms with van der Waals surface area (Å²) >= 11 is 0. The number of anilines is 1. The number of nitrogens with one attached hydrogen (secondary N) is 1. The number of nitrogens with zero attached hydrogens (tertiary/aromatic N) is 5. The summed E-state index contributed by atoms with van der Waals surface area (Å²) in [5.74, 6) is 2.64. The molecule has 0 bridgehead atoms. The number of benzene rings is 1. The van der Waals surface area contributed by atoms with Crippen LogP contribution in [0.3, 0.4) is 0 Å². The number of ether oxygens (including phenoxy) is 1. The van der Waals surface area contributed by atoms with Crippen molar-refractivity contribution in [3.8, 4) is 11.6 Å². The van der Waals surface area contributed by atoms with Crippen LogP contribution < -0.4 is 10.1 Å². The van der Waals surface area contributed by atoms with Crippen LogP contribution in [0.2, 0.25) is 0 Å². The zero-order valence-corrected chi connectivity index (χ0v) is 19.4. The number of amides is 2. The predicted molar refractivity (Wildman–Crippen MR) is 126 cm³/mol. The Kier molecular flexibility index (Phi) is 5.01. The zero-order chi connectivity index (χ0) is 24.1. The van der Waals surface area contributed by atoms with Crippen molar-refractivity contribution in [2.75, 3.05) is 5.32 Å². The second-order valence-corrected chi connectivity index (χ2v) is 9.28. The Bertz CT molecular complexity index is 1450. The van der Waals surface area contributed by atoms with Gasteiger partial charge in [0.2, 0.25) is 11.8 Å². The van der Waals surface area contributed by atoms with Gasteiger partial charge in [-0.1, -0.05) is 19.0 Å². The third-order valence-electron chi connectivity index (χ3n) is 6.33. The molecular formula is C25H24N6O4. The van der Waals surface area contributed by atoms with Crippen LogP contribution in [0.15, 0.2) is 47.4 Å². The lowest BCUT2D eigenvalue weighted by molar-refractivity contribution is -0.135. The summed E-state index contributed by atoms with van der Waals surface area (Å²) in [6.45, 7) is 4.64. The molecule has 0 unspecified atom stereocenters. The lowest BCUT2D eigenvalue weighted by atomic mass is 10.2. The molecule has 10 nitrogen and oxygen atoms in total. The van der Waals surface area contributed by atoms with E-state index in [1.54, 1.807) is 23.2 Å². The minimum atomic E-state index is -0.326. The topological polar surface area (TPSA) is 115 Å². The Morgan fingerprint density at radius 1 is 1.14 bits per heavy atom. The minimum absolute atomic E-state index is 0.0735. The number of carbonyl (C=O) groups excluding carboxylic acids is 2. The lowest BCUT2D eigenvalue weighted by Gasteiger charge is -2.17. The molecule has 4 heterocycles. The first kappa shape index (κ1) is 21.3. The van der Waals surface area contributed by atoms with E-state index in [9.17, 15) is 9.59 Å². The molecular weight excluding hydrogens is 448 g/mol. The number of carbonyl (C=O) groups is 2. The van der Waals surface area contributed by atoms with E-state index in [1.165, 1.54) is 10.9 Å². The first-order valence-corrected chi connectivity index (χ1v) is 11.6. The Hall–Kier alpha value is -4.21. The Morgan fingerprint density at radius 2 is 2.00 bits per heavy atom. The van der Waals surface area contributed by atoms with Gasteiger partial charge in [0.05, 0.1) is 29.9 Å². The van der Waals surface area contributed by atoms with Crippen molar-refractivity contribution in [1.29, 1.82) is 0 Å². The van der Waals surface area contributed by atoms with Crippen molar-refractivity contribution >= 4 is 28.7 Å². The van der Waals surface area contributed by atoms with Crippen molar-refractivity contribution in [2.24, 2.45) is 5.92 Å². The van der Waals surface area contributed by atoms with Crippen molar-refractivity contribution in [2.45, 2.75) is 45.7 Å². The van der Waals surface area contributed by atoms with Crippen molar-refractivity contribution < 1.29 is 18.8 Å². The average Bonchev–Trinajstić information content (AvgIpc) is 3.24. The molecule has 10 heteroatoms.